The van der Waals surface area contributed by atoms with Gasteiger partial charge in [0, 0.05) is 6.08 Å². The van der Waals surface area contributed by atoms with Gasteiger partial charge in [0.15, 0.2) is 5.54 Å². The van der Waals surface area contributed by atoms with Crippen molar-refractivity contribution in [1.29, 1.82) is 0 Å². The molecule has 7 nitrogen and oxygen atoms in total. The van der Waals surface area contributed by atoms with Crippen LogP contribution in [0.2, 0.25) is 0 Å². The lowest BCUT2D eigenvalue weighted by Gasteiger charge is -2.36. The average molecular weight is 381 g/mol. The fourth-order valence-electron chi connectivity index (χ4n) is 2.89. The lowest BCUT2D eigenvalue weighted by atomic mass is 9.97. The molecule has 1 aliphatic rings. The second-order valence-corrected chi connectivity index (χ2v) is 8.47. The summed E-state index contributed by atoms with van der Waals surface area (Å²) in [5, 5.41) is 0. The molecule has 0 aromatic carbocycles. The third kappa shape index (κ3) is 5.84. The number of carbonyl (C=O) groups excluding carboxylic acids is 3. The highest BCUT2D eigenvalue weighted by molar-refractivity contribution is 5.89. The van der Waals surface area contributed by atoms with Crippen LogP contribution in [0.3, 0.4) is 0 Å². The van der Waals surface area contributed by atoms with E-state index in [0.717, 1.165) is 0 Å². The normalized spacial score (nSPS) is 23.2. The Morgan fingerprint density at radius 3 is 2.07 bits per heavy atom. The number of esters is 2. The molecule has 7 heteroatoms. The maximum absolute atomic E-state index is 12.8. The molecule has 1 rings (SSSR count). The Balaban J connectivity index is 3.19. The molecule has 0 aromatic heterocycles. The van der Waals surface area contributed by atoms with Crippen molar-refractivity contribution in [3.8, 4) is 0 Å². The molecule has 1 aliphatic heterocycles. The average Bonchev–Trinajstić information content (AvgIpc) is 2.88. The maximum Gasteiger partial charge on any atom is 0.412 e. The molecule has 0 bridgehead atoms. The SMILES string of the molecule is C=C[C@]1(C(=O)OC)CC[C@H](/C=C/C(=O)OC(C)(C)C)N1C(=O)OC(C)(C)C. The molecular formula is C20H31NO6. The molecule has 0 radical (unpaired) electrons. The Morgan fingerprint density at radius 1 is 1.07 bits per heavy atom. The summed E-state index contributed by atoms with van der Waals surface area (Å²) in [6.07, 6.45) is 4.29. The van der Waals surface area contributed by atoms with Crippen LogP contribution in [0.25, 0.3) is 0 Å². The minimum Gasteiger partial charge on any atom is -0.467 e. The van der Waals surface area contributed by atoms with Crippen LogP contribution in [-0.2, 0) is 23.8 Å². The lowest BCUT2D eigenvalue weighted by Crippen LogP contribution is -2.55. The lowest BCUT2D eigenvalue weighted by molar-refractivity contribution is -0.150. The summed E-state index contributed by atoms with van der Waals surface area (Å²) in [5.74, 6) is -1.13. The van der Waals surface area contributed by atoms with E-state index in [2.05, 4.69) is 6.58 Å². The van der Waals surface area contributed by atoms with Crippen molar-refractivity contribution >= 4 is 18.0 Å². The maximum atomic E-state index is 12.8. The van der Waals surface area contributed by atoms with E-state index < -0.39 is 40.8 Å². The van der Waals surface area contributed by atoms with Gasteiger partial charge in [-0.15, -0.1) is 6.58 Å². The van der Waals surface area contributed by atoms with E-state index in [1.807, 2.05) is 0 Å². The highest BCUT2D eigenvalue weighted by atomic mass is 16.6. The van der Waals surface area contributed by atoms with E-state index in [4.69, 9.17) is 14.2 Å². The van der Waals surface area contributed by atoms with Gasteiger partial charge in [0.2, 0.25) is 0 Å². The van der Waals surface area contributed by atoms with Gasteiger partial charge in [-0.25, -0.2) is 14.4 Å². The first-order valence-corrected chi connectivity index (χ1v) is 8.91. The number of hydrogen-bond donors (Lipinski definition) is 0. The highest BCUT2D eigenvalue weighted by Crippen LogP contribution is 2.38. The summed E-state index contributed by atoms with van der Waals surface area (Å²) in [7, 11) is 1.25. The zero-order valence-corrected chi connectivity index (χ0v) is 17.3. The molecule has 2 atom stereocenters. The van der Waals surface area contributed by atoms with Crippen molar-refractivity contribution in [3.05, 3.63) is 24.8 Å². The van der Waals surface area contributed by atoms with Crippen LogP contribution >= 0.6 is 0 Å². The summed E-state index contributed by atoms with van der Waals surface area (Å²) >= 11 is 0. The zero-order chi connectivity index (χ0) is 21.0. The first-order valence-electron chi connectivity index (χ1n) is 8.91. The molecule has 0 N–H and O–H groups in total. The number of amides is 1. The van der Waals surface area contributed by atoms with Gasteiger partial charge >= 0.3 is 18.0 Å². The van der Waals surface area contributed by atoms with Crippen molar-refractivity contribution in [2.24, 2.45) is 0 Å². The first-order chi connectivity index (χ1) is 12.3. The molecule has 152 valence electrons. The third-order valence-electron chi connectivity index (χ3n) is 3.91. The molecule has 0 aromatic rings. The molecule has 0 saturated carbocycles. The summed E-state index contributed by atoms with van der Waals surface area (Å²) in [4.78, 5) is 38.6. The van der Waals surface area contributed by atoms with Crippen LogP contribution in [0, 0.1) is 0 Å². The minimum absolute atomic E-state index is 0.311. The monoisotopic (exact) mass is 381 g/mol. The Bertz CT molecular complexity index is 625. The first kappa shape index (κ1) is 22.7. The molecule has 0 aliphatic carbocycles. The largest absolute Gasteiger partial charge is 0.467 e. The quantitative estimate of drug-likeness (QED) is 0.321. The van der Waals surface area contributed by atoms with Gasteiger partial charge in [-0.1, -0.05) is 12.2 Å². The Morgan fingerprint density at radius 2 is 1.63 bits per heavy atom. The summed E-state index contributed by atoms with van der Waals surface area (Å²) < 4.78 is 15.6. The van der Waals surface area contributed by atoms with E-state index >= 15 is 0 Å². The van der Waals surface area contributed by atoms with Gasteiger partial charge in [-0.2, -0.15) is 0 Å². The van der Waals surface area contributed by atoms with Gasteiger partial charge in [0.25, 0.3) is 0 Å². The van der Waals surface area contributed by atoms with Crippen molar-refractivity contribution in [2.75, 3.05) is 7.11 Å². The van der Waals surface area contributed by atoms with Crippen molar-refractivity contribution in [3.63, 3.8) is 0 Å². The molecule has 1 amide bonds. The predicted molar refractivity (Wildman–Crippen MR) is 101 cm³/mol. The van der Waals surface area contributed by atoms with Gasteiger partial charge in [-0.05, 0) is 54.4 Å². The van der Waals surface area contributed by atoms with Crippen LogP contribution in [0.15, 0.2) is 24.8 Å². The van der Waals surface area contributed by atoms with Gasteiger partial charge in [0.05, 0.1) is 13.2 Å². The minimum atomic E-state index is -1.35. The number of nitrogens with zero attached hydrogens (tertiary/aromatic N) is 1. The number of likely N-dealkylation sites (tertiary alicyclic amines) is 1. The molecule has 27 heavy (non-hydrogen) atoms. The third-order valence-corrected chi connectivity index (χ3v) is 3.91. The molecule has 0 unspecified atom stereocenters. The van der Waals surface area contributed by atoms with Gasteiger partial charge in [0.1, 0.15) is 11.2 Å². The predicted octanol–water partition coefficient (Wildman–Crippen LogP) is 3.38. The Labute approximate surface area is 161 Å². The zero-order valence-electron chi connectivity index (χ0n) is 17.3. The van der Waals surface area contributed by atoms with Crippen LogP contribution in [0.4, 0.5) is 4.79 Å². The molecule has 1 saturated heterocycles. The Hall–Kier alpha value is -2.31. The van der Waals surface area contributed by atoms with Crippen LogP contribution in [0.1, 0.15) is 54.4 Å². The number of methoxy groups -OCH3 is 1. The highest BCUT2D eigenvalue weighted by Gasteiger charge is 2.53. The Kier molecular flexibility index (Phi) is 6.86. The summed E-state index contributed by atoms with van der Waals surface area (Å²) in [6.45, 7) is 14.2. The molecule has 1 heterocycles. The molecular weight excluding hydrogens is 350 g/mol. The topological polar surface area (TPSA) is 82.1 Å². The van der Waals surface area contributed by atoms with E-state index in [1.54, 1.807) is 47.6 Å². The smallest absolute Gasteiger partial charge is 0.412 e. The second-order valence-electron chi connectivity index (χ2n) is 8.47. The summed E-state index contributed by atoms with van der Waals surface area (Å²) in [6, 6.07) is -0.538. The van der Waals surface area contributed by atoms with Crippen LogP contribution in [-0.4, -0.2) is 52.8 Å². The van der Waals surface area contributed by atoms with Gasteiger partial charge in [-0.3, -0.25) is 4.90 Å². The van der Waals surface area contributed by atoms with Crippen molar-refractivity contribution in [2.45, 2.75) is 77.2 Å². The number of carbonyl (C=O) groups is 3. The second kappa shape index (κ2) is 8.15. The van der Waals surface area contributed by atoms with Crippen molar-refractivity contribution in [1.82, 2.24) is 4.90 Å². The summed E-state index contributed by atoms with van der Waals surface area (Å²) in [5.41, 5.74) is -2.72. The molecule has 1 fully saturated rings. The van der Waals surface area contributed by atoms with Gasteiger partial charge < -0.3 is 14.2 Å². The van der Waals surface area contributed by atoms with E-state index in [1.165, 1.54) is 24.2 Å². The number of hydrogen-bond acceptors (Lipinski definition) is 6. The van der Waals surface area contributed by atoms with Crippen LogP contribution < -0.4 is 0 Å². The fourth-order valence-corrected chi connectivity index (χ4v) is 2.89. The number of rotatable bonds is 4. The van der Waals surface area contributed by atoms with E-state index in [0.29, 0.717) is 12.8 Å². The van der Waals surface area contributed by atoms with E-state index in [-0.39, 0.29) is 0 Å². The molecule has 0 spiro atoms. The standard InChI is InChI=1S/C20H31NO6/c1-9-20(16(23)25-8)13-12-14(10-11-15(22)26-18(2,3)4)21(20)17(24)27-19(5,6)7/h9-11,14H,1,12-13H2,2-8H3/b11-10+/t14-,20+/m0/s1. The van der Waals surface area contributed by atoms with Crippen LogP contribution in [0.5, 0.6) is 0 Å². The number of ether oxygens (including phenoxy) is 3. The fraction of sp³-hybridized carbons (Fsp3) is 0.650. The van der Waals surface area contributed by atoms with Crippen molar-refractivity contribution < 1.29 is 28.6 Å². The van der Waals surface area contributed by atoms with E-state index in [9.17, 15) is 14.4 Å².